The Morgan fingerprint density at radius 2 is 1.83 bits per heavy atom. The maximum atomic E-state index is 12.6. The molecule has 2 saturated carbocycles. The number of aliphatic hydroxyl groups excluding tert-OH is 1. The van der Waals surface area contributed by atoms with Gasteiger partial charge in [0, 0.05) is 19.5 Å². The fraction of sp³-hybridized carbons (Fsp3) is 0.588. The minimum absolute atomic E-state index is 0.0271. The topological polar surface area (TPSA) is 40.5 Å². The number of rotatable bonds is 4. The highest BCUT2D eigenvalue weighted by Gasteiger charge is 2.46. The van der Waals surface area contributed by atoms with Crippen molar-refractivity contribution < 1.29 is 23.1 Å². The van der Waals surface area contributed by atoms with Crippen LogP contribution in [0.4, 0.5) is 13.2 Å². The number of nitrogens with zero attached hydrogens (tertiary/aromatic N) is 1. The summed E-state index contributed by atoms with van der Waals surface area (Å²) < 4.78 is 37.7. The zero-order valence-electron chi connectivity index (χ0n) is 12.9. The summed E-state index contributed by atoms with van der Waals surface area (Å²) in [4.78, 5) is 14.1. The highest BCUT2D eigenvalue weighted by molar-refractivity contribution is 5.82. The summed E-state index contributed by atoms with van der Waals surface area (Å²) in [6.07, 6.45) is -2.38. The smallest absolute Gasteiger partial charge is 0.393 e. The molecule has 2 atom stereocenters. The summed E-state index contributed by atoms with van der Waals surface area (Å²) in [5.74, 6) is 0.319. The molecule has 23 heavy (non-hydrogen) atoms. The first-order valence-electron chi connectivity index (χ1n) is 7.86. The third kappa shape index (κ3) is 3.52. The molecule has 0 heterocycles. The van der Waals surface area contributed by atoms with Crippen LogP contribution < -0.4 is 0 Å². The number of benzene rings is 1. The Bertz CT molecular complexity index is 578. The number of carbonyl (C=O) groups is 1. The molecule has 0 radical (unpaired) electrons. The predicted molar refractivity (Wildman–Crippen MR) is 78.7 cm³/mol. The van der Waals surface area contributed by atoms with E-state index in [1.165, 1.54) is 12.1 Å². The second kappa shape index (κ2) is 5.82. The van der Waals surface area contributed by atoms with Gasteiger partial charge in [-0.1, -0.05) is 12.1 Å². The summed E-state index contributed by atoms with van der Waals surface area (Å²) in [7, 11) is 1.76. The Labute approximate surface area is 133 Å². The molecule has 0 aliphatic heterocycles. The van der Waals surface area contributed by atoms with Crippen LogP contribution in [0, 0.1) is 11.8 Å². The van der Waals surface area contributed by atoms with Crippen LogP contribution in [0.2, 0.25) is 0 Å². The Balaban J connectivity index is 1.55. The first kappa shape index (κ1) is 16.3. The summed E-state index contributed by atoms with van der Waals surface area (Å²) in [6, 6.07) is 5.11. The van der Waals surface area contributed by atoms with Crippen molar-refractivity contribution in [1.82, 2.24) is 4.90 Å². The lowest BCUT2D eigenvalue weighted by Gasteiger charge is -2.34. The van der Waals surface area contributed by atoms with Gasteiger partial charge in [0.1, 0.15) is 0 Å². The van der Waals surface area contributed by atoms with E-state index in [4.69, 9.17) is 0 Å². The number of hydrogen-bond acceptors (Lipinski definition) is 2. The van der Waals surface area contributed by atoms with Crippen LogP contribution in [0.1, 0.15) is 36.3 Å². The number of hydrogen-bond donors (Lipinski definition) is 1. The van der Waals surface area contributed by atoms with Gasteiger partial charge in [0.05, 0.1) is 11.7 Å². The predicted octanol–water partition coefficient (Wildman–Crippen LogP) is 3.04. The molecule has 1 amide bonds. The summed E-state index contributed by atoms with van der Waals surface area (Å²) in [5, 5.41) is 9.28. The van der Waals surface area contributed by atoms with Crippen LogP contribution in [-0.4, -0.2) is 35.6 Å². The van der Waals surface area contributed by atoms with E-state index in [2.05, 4.69) is 0 Å². The van der Waals surface area contributed by atoms with E-state index in [-0.39, 0.29) is 23.8 Å². The minimum Gasteiger partial charge on any atom is -0.393 e. The van der Waals surface area contributed by atoms with Crippen LogP contribution in [0.3, 0.4) is 0 Å². The van der Waals surface area contributed by atoms with Gasteiger partial charge >= 0.3 is 6.18 Å². The van der Waals surface area contributed by atoms with Crippen molar-refractivity contribution in [2.24, 2.45) is 11.8 Å². The average molecular weight is 327 g/mol. The van der Waals surface area contributed by atoms with Gasteiger partial charge in [-0.15, -0.1) is 0 Å². The normalized spacial score (nSPS) is 29.8. The van der Waals surface area contributed by atoms with Crippen molar-refractivity contribution >= 4 is 5.91 Å². The van der Waals surface area contributed by atoms with Crippen LogP contribution in [0.5, 0.6) is 0 Å². The lowest BCUT2D eigenvalue weighted by atomic mass is 9.82. The van der Waals surface area contributed by atoms with Crippen LogP contribution in [0.15, 0.2) is 24.3 Å². The van der Waals surface area contributed by atoms with Crippen molar-refractivity contribution in [2.45, 2.75) is 37.5 Å². The molecule has 0 spiro atoms. The van der Waals surface area contributed by atoms with E-state index in [9.17, 15) is 23.1 Å². The van der Waals surface area contributed by atoms with Crippen molar-refractivity contribution in [1.29, 1.82) is 0 Å². The number of halogens is 3. The summed E-state index contributed by atoms with van der Waals surface area (Å²) in [6.45, 7) is 0.645. The van der Waals surface area contributed by atoms with Gasteiger partial charge in [0.15, 0.2) is 0 Å². The SMILES string of the molecule is CN(CC1CC(O)C1)C(=O)[C@@H]1C[C@@H]1c1ccc(C(F)(F)F)cc1. The molecule has 2 aliphatic rings. The fourth-order valence-electron chi connectivity index (χ4n) is 3.37. The zero-order valence-corrected chi connectivity index (χ0v) is 12.9. The van der Waals surface area contributed by atoms with Gasteiger partial charge in [-0.25, -0.2) is 0 Å². The van der Waals surface area contributed by atoms with Crippen molar-refractivity contribution in [3.8, 4) is 0 Å². The first-order chi connectivity index (χ1) is 10.8. The number of aliphatic hydroxyl groups is 1. The number of amides is 1. The van der Waals surface area contributed by atoms with Crippen LogP contribution in [-0.2, 0) is 11.0 Å². The van der Waals surface area contributed by atoms with Crippen molar-refractivity contribution in [3.63, 3.8) is 0 Å². The van der Waals surface area contributed by atoms with Gasteiger partial charge in [0.2, 0.25) is 5.91 Å². The average Bonchev–Trinajstić information content (AvgIpc) is 3.24. The first-order valence-corrected chi connectivity index (χ1v) is 7.86. The molecule has 2 aliphatic carbocycles. The monoisotopic (exact) mass is 327 g/mol. The lowest BCUT2D eigenvalue weighted by molar-refractivity contribution is -0.137. The fourth-order valence-corrected chi connectivity index (χ4v) is 3.37. The molecule has 0 unspecified atom stereocenters. The molecular weight excluding hydrogens is 307 g/mol. The molecule has 3 rings (SSSR count). The maximum absolute atomic E-state index is 12.6. The Kier molecular flexibility index (Phi) is 4.12. The van der Waals surface area contributed by atoms with Crippen molar-refractivity contribution in [2.75, 3.05) is 13.6 Å². The minimum atomic E-state index is -4.33. The van der Waals surface area contributed by atoms with E-state index in [0.717, 1.165) is 30.5 Å². The van der Waals surface area contributed by atoms with Gasteiger partial charge in [-0.3, -0.25) is 4.79 Å². The molecule has 6 heteroatoms. The molecule has 3 nitrogen and oxygen atoms in total. The van der Waals surface area contributed by atoms with Crippen LogP contribution in [0.25, 0.3) is 0 Å². The Morgan fingerprint density at radius 3 is 2.35 bits per heavy atom. The zero-order chi connectivity index (χ0) is 16.8. The van der Waals surface area contributed by atoms with Gasteiger partial charge < -0.3 is 10.0 Å². The third-order valence-electron chi connectivity index (χ3n) is 4.89. The van der Waals surface area contributed by atoms with E-state index >= 15 is 0 Å². The molecule has 2 fully saturated rings. The lowest BCUT2D eigenvalue weighted by Crippen LogP contribution is -2.40. The number of carbonyl (C=O) groups excluding carboxylic acids is 1. The second-order valence-corrected chi connectivity index (χ2v) is 6.78. The van der Waals surface area contributed by atoms with E-state index in [0.29, 0.717) is 18.9 Å². The van der Waals surface area contributed by atoms with Gasteiger partial charge in [-0.2, -0.15) is 13.2 Å². The maximum Gasteiger partial charge on any atom is 0.416 e. The standard InChI is InChI=1S/C17H20F3NO2/c1-21(9-10-6-13(22)7-10)16(23)15-8-14(15)11-2-4-12(5-3-11)17(18,19)20/h2-5,10,13-15,22H,6-9H2,1H3/t10?,13?,14-,15-/m1/s1. The van der Waals surface area contributed by atoms with E-state index < -0.39 is 11.7 Å². The summed E-state index contributed by atoms with van der Waals surface area (Å²) >= 11 is 0. The largest absolute Gasteiger partial charge is 0.416 e. The quantitative estimate of drug-likeness (QED) is 0.923. The van der Waals surface area contributed by atoms with Gasteiger partial charge in [0.25, 0.3) is 0 Å². The van der Waals surface area contributed by atoms with E-state index in [1.807, 2.05) is 0 Å². The highest BCUT2D eigenvalue weighted by Crippen LogP contribution is 2.49. The molecular formula is C17H20F3NO2. The molecule has 0 saturated heterocycles. The second-order valence-electron chi connectivity index (χ2n) is 6.78. The van der Waals surface area contributed by atoms with E-state index in [1.54, 1.807) is 11.9 Å². The molecule has 0 bridgehead atoms. The molecule has 1 aromatic carbocycles. The Hall–Kier alpha value is -1.56. The van der Waals surface area contributed by atoms with Gasteiger partial charge in [-0.05, 0) is 48.8 Å². The molecule has 126 valence electrons. The molecule has 1 N–H and O–H groups in total. The van der Waals surface area contributed by atoms with Crippen LogP contribution >= 0.6 is 0 Å². The third-order valence-corrected chi connectivity index (χ3v) is 4.89. The highest BCUT2D eigenvalue weighted by atomic mass is 19.4. The molecule has 1 aromatic rings. The molecule has 0 aromatic heterocycles. The van der Waals surface area contributed by atoms with Crippen molar-refractivity contribution in [3.05, 3.63) is 35.4 Å². The summed E-state index contributed by atoms with van der Waals surface area (Å²) in [5.41, 5.74) is 0.134. The number of alkyl halides is 3. The Morgan fingerprint density at radius 1 is 1.22 bits per heavy atom.